The Morgan fingerprint density at radius 1 is 1.09 bits per heavy atom. The van der Waals surface area contributed by atoms with Crippen LogP contribution in [0.4, 0.5) is 10.6 Å². The predicted molar refractivity (Wildman–Crippen MR) is 125 cm³/mol. The van der Waals surface area contributed by atoms with Gasteiger partial charge >= 0.3 is 6.03 Å². The van der Waals surface area contributed by atoms with Gasteiger partial charge in [0.1, 0.15) is 11.3 Å². The second kappa shape index (κ2) is 11.2. The zero-order chi connectivity index (χ0) is 22.9. The summed E-state index contributed by atoms with van der Waals surface area (Å²) >= 11 is 0. The molecule has 3 rings (SSSR count). The van der Waals surface area contributed by atoms with Crippen LogP contribution in [0.15, 0.2) is 36.5 Å². The first-order valence-corrected chi connectivity index (χ1v) is 10.7. The third-order valence-electron chi connectivity index (χ3n) is 4.94. The molecule has 0 fully saturated rings. The van der Waals surface area contributed by atoms with Crippen molar-refractivity contribution in [2.45, 2.75) is 25.7 Å². The van der Waals surface area contributed by atoms with E-state index in [0.29, 0.717) is 35.0 Å². The third-order valence-corrected chi connectivity index (χ3v) is 4.94. The number of rotatable bonds is 10. The van der Waals surface area contributed by atoms with E-state index in [-0.39, 0.29) is 11.8 Å². The van der Waals surface area contributed by atoms with Gasteiger partial charge in [0.05, 0.1) is 19.0 Å². The number of nitrogens with one attached hydrogen (secondary N) is 2. The van der Waals surface area contributed by atoms with E-state index in [2.05, 4.69) is 44.6 Å². The fraction of sp³-hybridized carbons (Fsp3) is 0.391. The maximum atomic E-state index is 12.2. The van der Waals surface area contributed by atoms with Crippen LogP contribution in [-0.4, -0.2) is 65.3 Å². The second-order valence-corrected chi connectivity index (χ2v) is 7.78. The summed E-state index contributed by atoms with van der Waals surface area (Å²) in [6, 6.07) is 8.11. The van der Waals surface area contributed by atoms with Crippen molar-refractivity contribution >= 4 is 23.0 Å². The molecular formula is C23H30N6O3. The number of aromatic nitrogens is 3. The van der Waals surface area contributed by atoms with E-state index in [1.165, 1.54) is 19.6 Å². The summed E-state index contributed by atoms with van der Waals surface area (Å²) in [5.41, 5.74) is 2.34. The molecule has 9 nitrogen and oxygen atoms in total. The van der Waals surface area contributed by atoms with E-state index in [1.54, 1.807) is 30.5 Å². The number of anilines is 1. The fourth-order valence-electron chi connectivity index (χ4n) is 3.21. The van der Waals surface area contributed by atoms with Gasteiger partial charge in [0.15, 0.2) is 17.1 Å². The lowest BCUT2D eigenvalue weighted by Gasteiger charge is -2.10. The quantitative estimate of drug-likeness (QED) is 0.414. The number of hydrogen-bond donors (Lipinski definition) is 3. The van der Waals surface area contributed by atoms with Crippen molar-refractivity contribution in [2.24, 2.45) is 0 Å². The van der Waals surface area contributed by atoms with Crippen molar-refractivity contribution in [1.29, 1.82) is 0 Å². The van der Waals surface area contributed by atoms with Crippen LogP contribution in [0.5, 0.6) is 11.5 Å². The first-order valence-electron chi connectivity index (χ1n) is 10.7. The van der Waals surface area contributed by atoms with Crippen molar-refractivity contribution in [3.8, 4) is 22.8 Å². The lowest BCUT2D eigenvalue weighted by Crippen LogP contribution is -2.29. The molecule has 0 bridgehead atoms. The Labute approximate surface area is 187 Å². The summed E-state index contributed by atoms with van der Waals surface area (Å²) in [6.07, 6.45) is 5.98. The number of phenols is 1. The van der Waals surface area contributed by atoms with E-state index >= 15 is 0 Å². The SMILES string of the molecule is COc1cc(-c2cnc3ccc(NC(=O)NCCCCCCN(C)C)nc3n2)ccc1O. The highest BCUT2D eigenvalue weighted by Gasteiger charge is 2.09. The van der Waals surface area contributed by atoms with E-state index < -0.39 is 0 Å². The van der Waals surface area contributed by atoms with Gasteiger partial charge in [-0.05, 0) is 63.8 Å². The van der Waals surface area contributed by atoms with Gasteiger partial charge in [0.2, 0.25) is 0 Å². The number of methoxy groups -OCH3 is 1. The Kier molecular flexibility index (Phi) is 8.15. The van der Waals surface area contributed by atoms with Gasteiger partial charge < -0.3 is 20.1 Å². The number of phenolic OH excluding ortho intramolecular Hbond substituents is 1. The van der Waals surface area contributed by atoms with Crippen LogP contribution in [0.3, 0.4) is 0 Å². The Morgan fingerprint density at radius 2 is 1.91 bits per heavy atom. The van der Waals surface area contributed by atoms with Crippen LogP contribution in [-0.2, 0) is 0 Å². The summed E-state index contributed by atoms with van der Waals surface area (Å²) in [5, 5.41) is 15.4. The molecule has 0 saturated carbocycles. The summed E-state index contributed by atoms with van der Waals surface area (Å²) in [7, 11) is 5.63. The maximum absolute atomic E-state index is 12.2. The first kappa shape index (κ1) is 23.2. The maximum Gasteiger partial charge on any atom is 0.320 e. The van der Waals surface area contributed by atoms with Crippen LogP contribution in [0, 0.1) is 0 Å². The van der Waals surface area contributed by atoms with Gasteiger partial charge in [-0.3, -0.25) is 10.3 Å². The van der Waals surface area contributed by atoms with Crippen molar-refractivity contribution in [3.63, 3.8) is 0 Å². The van der Waals surface area contributed by atoms with Crippen LogP contribution in [0.2, 0.25) is 0 Å². The molecule has 0 unspecified atom stereocenters. The summed E-state index contributed by atoms with van der Waals surface area (Å²) in [5.74, 6) is 0.798. The fourth-order valence-corrected chi connectivity index (χ4v) is 3.21. The molecular weight excluding hydrogens is 408 g/mol. The topological polar surface area (TPSA) is 112 Å². The number of benzene rings is 1. The van der Waals surface area contributed by atoms with E-state index in [1.807, 2.05) is 0 Å². The molecule has 170 valence electrons. The zero-order valence-corrected chi connectivity index (χ0v) is 18.8. The van der Waals surface area contributed by atoms with E-state index in [9.17, 15) is 9.90 Å². The molecule has 0 radical (unpaired) electrons. The van der Waals surface area contributed by atoms with E-state index in [4.69, 9.17) is 4.74 Å². The summed E-state index contributed by atoms with van der Waals surface area (Å²) in [6.45, 7) is 1.71. The van der Waals surface area contributed by atoms with Gasteiger partial charge in [0.25, 0.3) is 0 Å². The smallest absolute Gasteiger partial charge is 0.320 e. The minimum atomic E-state index is -0.294. The number of carbonyl (C=O) groups is 1. The monoisotopic (exact) mass is 438 g/mol. The Morgan fingerprint density at radius 3 is 2.69 bits per heavy atom. The Balaban J connectivity index is 1.58. The number of hydrogen-bond acceptors (Lipinski definition) is 7. The number of fused-ring (bicyclic) bond motifs is 1. The second-order valence-electron chi connectivity index (χ2n) is 7.78. The van der Waals surface area contributed by atoms with Crippen LogP contribution in [0.25, 0.3) is 22.4 Å². The van der Waals surface area contributed by atoms with Crippen LogP contribution >= 0.6 is 0 Å². The number of nitrogens with zero attached hydrogens (tertiary/aromatic N) is 4. The molecule has 2 heterocycles. The first-order chi connectivity index (χ1) is 15.5. The molecule has 3 N–H and O–H groups in total. The Bertz CT molecular complexity index is 1060. The van der Waals surface area contributed by atoms with Crippen molar-refractivity contribution in [1.82, 2.24) is 25.2 Å². The number of pyridine rings is 1. The molecule has 3 aromatic rings. The Hall–Kier alpha value is -3.46. The number of unbranched alkanes of at least 4 members (excludes halogenated alkanes) is 3. The molecule has 9 heteroatoms. The molecule has 0 aliphatic heterocycles. The predicted octanol–water partition coefficient (Wildman–Crippen LogP) is 3.65. The molecule has 1 aromatic carbocycles. The lowest BCUT2D eigenvalue weighted by molar-refractivity contribution is 0.252. The van der Waals surface area contributed by atoms with Gasteiger partial charge in [0, 0.05) is 12.1 Å². The van der Waals surface area contributed by atoms with Gasteiger partial charge in [-0.2, -0.15) is 0 Å². The van der Waals surface area contributed by atoms with Crippen molar-refractivity contribution in [2.75, 3.05) is 39.6 Å². The van der Waals surface area contributed by atoms with Crippen LogP contribution in [0.1, 0.15) is 25.7 Å². The highest BCUT2D eigenvalue weighted by molar-refractivity contribution is 5.89. The highest BCUT2D eigenvalue weighted by Crippen LogP contribution is 2.30. The number of aromatic hydroxyl groups is 1. The standard InChI is InChI=1S/C23H30N6O3/c1-29(2)13-7-5-4-6-12-24-23(31)28-21-11-9-17-22(27-21)26-18(15-25-17)16-8-10-19(30)20(14-16)32-3/h8-11,14-15,30H,4-7,12-13H2,1-3H3,(H2,24,26,27,28,31). The summed E-state index contributed by atoms with van der Waals surface area (Å²) < 4.78 is 5.16. The molecule has 0 spiro atoms. The van der Waals surface area contributed by atoms with Gasteiger partial charge in [-0.15, -0.1) is 0 Å². The van der Waals surface area contributed by atoms with E-state index in [0.717, 1.165) is 31.4 Å². The molecule has 0 saturated heterocycles. The lowest BCUT2D eigenvalue weighted by atomic mass is 10.1. The number of urea groups is 1. The average molecular weight is 439 g/mol. The number of ether oxygens (including phenoxy) is 1. The third kappa shape index (κ3) is 6.52. The largest absolute Gasteiger partial charge is 0.504 e. The average Bonchev–Trinajstić information content (AvgIpc) is 2.78. The van der Waals surface area contributed by atoms with Crippen molar-refractivity contribution in [3.05, 3.63) is 36.5 Å². The molecule has 0 atom stereocenters. The van der Waals surface area contributed by atoms with Gasteiger partial charge in [-0.1, -0.05) is 12.8 Å². The van der Waals surface area contributed by atoms with Gasteiger partial charge in [-0.25, -0.2) is 14.8 Å². The molecule has 32 heavy (non-hydrogen) atoms. The number of amides is 2. The molecule has 0 aliphatic carbocycles. The van der Waals surface area contributed by atoms with Crippen LogP contribution < -0.4 is 15.4 Å². The molecule has 0 aliphatic rings. The van der Waals surface area contributed by atoms with Crippen molar-refractivity contribution < 1.29 is 14.6 Å². The molecule has 2 amide bonds. The minimum Gasteiger partial charge on any atom is -0.504 e. The highest BCUT2D eigenvalue weighted by atomic mass is 16.5. The normalized spacial score (nSPS) is 11.0. The molecule has 2 aromatic heterocycles. The zero-order valence-electron chi connectivity index (χ0n) is 18.8. The minimum absolute atomic E-state index is 0.0502. The number of carbonyl (C=O) groups excluding carboxylic acids is 1. The summed E-state index contributed by atoms with van der Waals surface area (Å²) in [4.78, 5) is 27.7.